The molecule has 0 rings (SSSR count). The van der Waals surface area contributed by atoms with Crippen LogP contribution in [-0.4, -0.2) is 68.5 Å². The van der Waals surface area contributed by atoms with Gasteiger partial charge in [-0.15, -0.1) is 0 Å². The molecule has 1 amide bonds. The van der Waals surface area contributed by atoms with E-state index in [-0.39, 0.29) is 12.5 Å². The summed E-state index contributed by atoms with van der Waals surface area (Å²) in [6.45, 7) is 4.69. The fraction of sp³-hybridized carbons (Fsp3) is 0.911. The summed E-state index contributed by atoms with van der Waals surface area (Å²) in [5.41, 5.74) is 0. The van der Waals surface area contributed by atoms with E-state index < -0.39 is 26.6 Å². The maximum absolute atomic E-state index is 13.1. The van der Waals surface area contributed by atoms with Crippen LogP contribution in [0.4, 0.5) is 0 Å². The Hall–Kier alpha value is -1.28. The number of likely N-dealkylation sites (N-methyl/N-ethyl adjacent to an activating group) is 1. The number of carbonyl (C=O) groups excluding carboxylic acids is 1. The monoisotopic (exact) mass is 1260 g/mol. The third-order valence-corrected chi connectivity index (χ3v) is 19.3. The van der Waals surface area contributed by atoms with Crippen molar-refractivity contribution in [1.82, 2.24) is 5.32 Å². The summed E-state index contributed by atoms with van der Waals surface area (Å²) in [5, 5.41) is 14.0. The average Bonchev–Trinajstić information content (AvgIpc) is 3.58. The highest BCUT2D eigenvalue weighted by Crippen LogP contribution is 2.38. The highest BCUT2D eigenvalue weighted by atomic mass is 31.2. The smallest absolute Gasteiger partial charge is 0.268 e. The third kappa shape index (κ3) is 72.2. The lowest BCUT2D eigenvalue weighted by Crippen LogP contribution is -2.45. The van der Waals surface area contributed by atoms with Gasteiger partial charge in [-0.3, -0.25) is 9.36 Å². The van der Waals surface area contributed by atoms with Crippen molar-refractivity contribution in [3.63, 3.8) is 0 Å². The number of hydrogen-bond acceptors (Lipinski definition) is 6. The van der Waals surface area contributed by atoms with Crippen molar-refractivity contribution in [3.8, 4) is 0 Å². The topological polar surface area (TPSA) is 108 Å². The number of amides is 1. The Bertz CT molecular complexity index is 1530. The number of rotatable bonds is 74. The van der Waals surface area contributed by atoms with Gasteiger partial charge in [0.05, 0.1) is 39.9 Å². The molecule has 9 heteroatoms. The van der Waals surface area contributed by atoms with Gasteiger partial charge < -0.3 is 28.8 Å². The van der Waals surface area contributed by atoms with Gasteiger partial charge in [-0.1, -0.05) is 397 Å². The van der Waals surface area contributed by atoms with Crippen LogP contribution in [0, 0.1) is 0 Å². The quantitative estimate of drug-likeness (QED) is 0.0272. The van der Waals surface area contributed by atoms with Crippen LogP contribution >= 0.6 is 7.82 Å². The van der Waals surface area contributed by atoms with E-state index >= 15 is 0 Å². The van der Waals surface area contributed by atoms with Crippen molar-refractivity contribution in [2.24, 2.45) is 0 Å². The zero-order valence-electron chi connectivity index (χ0n) is 60.0. The van der Waals surface area contributed by atoms with Crippen molar-refractivity contribution in [1.29, 1.82) is 0 Å². The lowest BCUT2D eigenvalue weighted by Gasteiger charge is -2.29. The molecule has 8 nitrogen and oxygen atoms in total. The second-order valence-electron chi connectivity index (χ2n) is 28.4. The standard InChI is InChI=1S/C79H155N2O6P/c1-6-8-10-12-14-16-18-20-22-24-26-28-30-32-34-35-36-37-38-39-40-41-42-43-44-45-47-49-51-53-55-57-59-61-63-65-67-69-71-73-79(83)80-77(76-87-88(84,85)86-75-74-81(3,4)5)78(82)72-70-68-66-64-62-60-58-56-54-52-50-48-46-33-31-29-27-25-23-21-19-17-15-13-11-9-7-2/h54,56,62,64,70,72,77-78,82H,6-53,55,57-61,63,65-69,71,73-76H2,1-5H3,(H-,80,83,84,85)/b56-54+,64-62+,72-70+. The number of hydrogen-bond donors (Lipinski definition) is 2. The van der Waals surface area contributed by atoms with Crippen LogP contribution in [0.2, 0.25) is 0 Å². The molecule has 3 unspecified atom stereocenters. The van der Waals surface area contributed by atoms with Crippen LogP contribution in [0.25, 0.3) is 0 Å². The van der Waals surface area contributed by atoms with E-state index in [9.17, 15) is 19.4 Å². The highest BCUT2D eigenvalue weighted by molar-refractivity contribution is 7.45. The van der Waals surface area contributed by atoms with Gasteiger partial charge in [-0.2, -0.15) is 0 Å². The van der Waals surface area contributed by atoms with Gasteiger partial charge in [0.1, 0.15) is 13.2 Å². The van der Waals surface area contributed by atoms with E-state index in [1.54, 1.807) is 6.08 Å². The number of aliphatic hydroxyl groups is 1. The lowest BCUT2D eigenvalue weighted by molar-refractivity contribution is -0.870. The molecule has 0 heterocycles. The van der Waals surface area contributed by atoms with E-state index in [1.807, 2.05) is 27.2 Å². The zero-order valence-corrected chi connectivity index (χ0v) is 60.9. The summed E-state index contributed by atoms with van der Waals surface area (Å²) in [6.07, 6.45) is 94.7. The molecule has 0 aromatic heterocycles. The summed E-state index contributed by atoms with van der Waals surface area (Å²) >= 11 is 0. The van der Waals surface area contributed by atoms with Crippen molar-refractivity contribution in [2.75, 3.05) is 40.9 Å². The number of phosphoric ester groups is 1. The van der Waals surface area contributed by atoms with Gasteiger partial charge >= 0.3 is 0 Å². The Morgan fingerprint density at radius 2 is 0.636 bits per heavy atom. The number of aliphatic hydroxyl groups excluding tert-OH is 1. The van der Waals surface area contributed by atoms with Gasteiger partial charge in [0.2, 0.25) is 5.91 Å². The van der Waals surface area contributed by atoms with Gasteiger partial charge in [0, 0.05) is 6.42 Å². The number of nitrogens with one attached hydrogen (secondary N) is 1. The first kappa shape index (κ1) is 86.7. The molecule has 0 aliphatic rings. The zero-order chi connectivity index (χ0) is 64.1. The fourth-order valence-electron chi connectivity index (χ4n) is 12.3. The number of unbranched alkanes of at least 4 members (excludes halogenated alkanes) is 57. The molecule has 522 valence electrons. The Balaban J connectivity index is 3.96. The molecule has 0 saturated carbocycles. The second kappa shape index (κ2) is 70.0. The number of allylic oxidation sites excluding steroid dienone is 5. The normalized spacial score (nSPS) is 13.7. The molecular formula is C79H155N2O6P. The predicted molar refractivity (Wildman–Crippen MR) is 385 cm³/mol. The Morgan fingerprint density at radius 1 is 0.386 bits per heavy atom. The van der Waals surface area contributed by atoms with Crippen LogP contribution in [-0.2, 0) is 18.4 Å². The highest BCUT2D eigenvalue weighted by Gasteiger charge is 2.23. The average molecular weight is 1260 g/mol. The Morgan fingerprint density at radius 3 is 0.920 bits per heavy atom. The largest absolute Gasteiger partial charge is 0.756 e. The number of phosphoric acid groups is 1. The maximum Gasteiger partial charge on any atom is 0.268 e. The van der Waals surface area contributed by atoms with Crippen LogP contribution in [0.5, 0.6) is 0 Å². The molecule has 0 fully saturated rings. The molecule has 0 radical (unpaired) electrons. The minimum atomic E-state index is -4.62. The molecule has 0 aliphatic carbocycles. The molecule has 0 aromatic rings. The van der Waals surface area contributed by atoms with Crippen molar-refractivity contribution in [2.45, 2.75) is 424 Å². The van der Waals surface area contributed by atoms with Gasteiger partial charge in [-0.25, -0.2) is 0 Å². The van der Waals surface area contributed by atoms with Crippen LogP contribution in [0.1, 0.15) is 412 Å². The number of quaternary nitrogens is 1. The molecular weight excluding hydrogens is 1100 g/mol. The maximum atomic E-state index is 13.1. The van der Waals surface area contributed by atoms with Crippen molar-refractivity contribution >= 4 is 13.7 Å². The first-order valence-electron chi connectivity index (χ1n) is 39.4. The summed E-state index contributed by atoms with van der Waals surface area (Å²) in [6, 6.07) is -0.910. The summed E-state index contributed by atoms with van der Waals surface area (Å²) < 4.78 is 23.5. The number of nitrogens with zero attached hydrogens (tertiary/aromatic N) is 1. The Kier molecular flexibility index (Phi) is 69.0. The molecule has 0 saturated heterocycles. The molecule has 2 N–H and O–H groups in total. The summed E-state index contributed by atoms with van der Waals surface area (Å²) in [7, 11) is 1.25. The number of carbonyl (C=O) groups is 1. The SMILES string of the molecule is CCCCCCCCCCCCCCCCCCC/C=C/CC/C=C/CC/C=C/C(O)C(COP(=O)([O-])OCC[N+](C)(C)C)NC(=O)CCCCCCCCCCCCCCCCCCCCCCCCCCCCCCCCCCCCCCCCC. The van der Waals surface area contributed by atoms with Crippen LogP contribution in [0.15, 0.2) is 36.5 Å². The van der Waals surface area contributed by atoms with Crippen molar-refractivity contribution in [3.05, 3.63) is 36.5 Å². The molecule has 0 bridgehead atoms. The predicted octanol–water partition coefficient (Wildman–Crippen LogP) is 24.9. The molecule has 3 atom stereocenters. The second-order valence-corrected chi connectivity index (χ2v) is 29.8. The van der Waals surface area contributed by atoms with Crippen LogP contribution < -0.4 is 10.2 Å². The van der Waals surface area contributed by atoms with E-state index in [0.29, 0.717) is 17.4 Å². The summed E-state index contributed by atoms with van der Waals surface area (Å²) in [4.78, 5) is 25.7. The molecule has 88 heavy (non-hydrogen) atoms. The third-order valence-electron chi connectivity index (χ3n) is 18.3. The Labute approximate surface area is 550 Å². The minimum Gasteiger partial charge on any atom is -0.756 e. The summed E-state index contributed by atoms with van der Waals surface area (Å²) in [5.74, 6) is -0.202. The van der Waals surface area contributed by atoms with E-state index in [0.717, 1.165) is 44.9 Å². The van der Waals surface area contributed by atoms with Gasteiger partial charge in [-0.05, 0) is 44.9 Å². The first-order valence-corrected chi connectivity index (χ1v) is 40.8. The lowest BCUT2D eigenvalue weighted by atomic mass is 10.0. The van der Waals surface area contributed by atoms with E-state index in [4.69, 9.17) is 9.05 Å². The van der Waals surface area contributed by atoms with E-state index in [2.05, 4.69) is 43.5 Å². The van der Waals surface area contributed by atoms with Gasteiger partial charge in [0.15, 0.2) is 0 Å². The first-order chi connectivity index (χ1) is 43.0. The minimum absolute atomic E-state index is 0.00698. The van der Waals surface area contributed by atoms with Crippen LogP contribution in [0.3, 0.4) is 0 Å². The molecule has 0 spiro atoms. The molecule has 0 aliphatic heterocycles. The van der Waals surface area contributed by atoms with Gasteiger partial charge in [0.25, 0.3) is 7.82 Å². The van der Waals surface area contributed by atoms with Crippen molar-refractivity contribution < 1.29 is 32.9 Å². The molecule has 0 aromatic carbocycles. The fourth-order valence-corrected chi connectivity index (χ4v) is 13.0. The van der Waals surface area contributed by atoms with E-state index in [1.165, 1.54) is 347 Å².